The molecule has 0 heterocycles. The predicted molar refractivity (Wildman–Crippen MR) is 66.2 cm³/mol. The maximum Gasteiger partial charge on any atom is 2.00 e. The Labute approximate surface area is 120 Å². The van der Waals surface area contributed by atoms with E-state index in [1.54, 1.807) is 48.5 Å². The van der Waals surface area contributed by atoms with E-state index in [-0.39, 0.29) is 38.4 Å². The molecule has 3 heteroatoms. The first kappa shape index (κ1) is 14.5. The number of hydrogen-bond acceptors (Lipinski definition) is 2. The van der Waals surface area contributed by atoms with Crippen LogP contribution in [-0.4, -0.2) is 11.6 Å². The van der Waals surface area contributed by atoms with Crippen LogP contribution < -0.4 is 0 Å². The van der Waals surface area contributed by atoms with Gasteiger partial charge in [-0.3, -0.25) is 9.59 Å². The number of rotatable bonds is 4. The van der Waals surface area contributed by atoms with Crippen molar-refractivity contribution >= 4 is 11.6 Å². The molecule has 18 heavy (non-hydrogen) atoms. The van der Waals surface area contributed by atoms with Crippen LogP contribution in [0, 0.1) is 0 Å². The minimum absolute atomic E-state index is 0. The number of hydrogen-bond donors (Lipinski definition) is 0. The molecule has 0 amide bonds. The van der Waals surface area contributed by atoms with Crippen molar-refractivity contribution in [3.63, 3.8) is 0 Å². The fourth-order valence-corrected chi connectivity index (χ4v) is 1.60. The smallest absolute Gasteiger partial charge is 0.294 e. The van der Waals surface area contributed by atoms with Crippen molar-refractivity contribution in [1.29, 1.82) is 0 Å². The van der Waals surface area contributed by atoms with Crippen LogP contribution in [0.15, 0.2) is 60.7 Å². The first-order valence-electron chi connectivity index (χ1n) is 5.44. The van der Waals surface area contributed by atoms with Crippen LogP contribution in [-0.2, 0) is 20.4 Å². The van der Waals surface area contributed by atoms with Gasteiger partial charge in [-0.05, 0) is 0 Å². The second kappa shape index (κ2) is 7.01. The molecule has 0 aliphatic rings. The van der Waals surface area contributed by atoms with Gasteiger partial charge in [-0.2, -0.15) is 0 Å². The standard InChI is InChI=1S/C15H12O2.Pd/c16-14(12-7-3-1-4-8-12)11-15(17)13-9-5-2-6-10-13;/h1-10H,11H2;/q;+2. The summed E-state index contributed by atoms with van der Waals surface area (Å²) in [4.78, 5) is 23.6. The number of carbonyl (C=O) groups is 2. The molecule has 0 bridgehead atoms. The van der Waals surface area contributed by atoms with Crippen LogP contribution in [0.3, 0.4) is 0 Å². The van der Waals surface area contributed by atoms with Gasteiger partial charge in [0.1, 0.15) is 0 Å². The van der Waals surface area contributed by atoms with Crippen LogP contribution in [0.1, 0.15) is 27.1 Å². The molecular formula is C15H12O2Pd+2. The van der Waals surface area contributed by atoms with E-state index >= 15 is 0 Å². The average Bonchev–Trinajstić information content (AvgIpc) is 2.40. The minimum atomic E-state index is -0.139. The van der Waals surface area contributed by atoms with Crippen LogP contribution in [0.2, 0.25) is 0 Å². The number of Topliss-reactive ketones (excluding diaryl/α,β-unsaturated/α-hetero) is 2. The molecule has 0 spiro atoms. The monoisotopic (exact) mass is 330 g/mol. The molecule has 2 rings (SSSR count). The molecule has 0 aromatic heterocycles. The van der Waals surface area contributed by atoms with Crippen molar-refractivity contribution in [3.05, 3.63) is 71.8 Å². The Balaban J connectivity index is 0.00000162. The Morgan fingerprint density at radius 3 is 1.33 bits per heavy atom. The van der Waals surface area contributed by atoms with Crippen molar-refractivity contribution in [3.8, 4) is 0 Å². The Bertz CT molecular complexity index is 471. The van der Waals surface area contributed by atoms with Crippen LogP contribution >= 0.6 is 0 Å². The fourth-order valence-electron chi connectivity index (χ4n) is 1.60. The summed E-state index contributed by atoms with van der Waals surface area (Å²) in [5.41, 5.74) is 1.16. The topological polar surface area (TPSA) is 34.1 Å². The van der Waals surface area contributed by atoms with Gasteiger partial charge in [-0.25, -0.2) is 0 Å². The summed E-state index contributed by atoms with van der Waals surface area (Å²) >= 11 is 0. The van der Waals surface area contributed by atoms with Gasteiger partial charge in [0, 0.05) is 11.1 Å². The van der Waals surface area contributed by atoms with Gasteiger partial charge < -0.3 is 0 Å². The minimum Gasteiger partial charge on any atom is -0.294 e. The summed E-state index contributed by atoms with van der Waals surface area (Å²) in [5.74, 6) is -0.279. The molecule has 2 aromatic carbocycles. The quantitative estimate of drug-likeness (QED) is 0.490. The number of benzene rings is 2. The second-order valence-corrected chi connectivity index (χ2v) is 3.76. The van der Waals surface area contributed by atoms with Crippen molar-refractivity contribution in [2.24, 2.45) is 0 Å². The zero-order valence-electron chi connectivity index (χ0n) is 9.61. The van der Waals surface area contributed by atoms with E-state index in [1.807, 2.05) is 12.1 Å². The zero-order chi connectivity index (χ0) is 12.1. The second-order valence-electron chi connectivity index (χ2n) is 3.76. The van der Waals surface area contributed by atoms with Crippen molar-refractivity contribution in [2.45, 2.75) is 6.42 Å². The SMILES string of the molecule is O=C(CC(=O)c1ccccc1)c1ccccc1.[Pd+2]. The Morgan fingerprint density at radius 2 is 1.00 bits per heavy atom. The summed E-state index contributed by atoms with van der Waals surface area (Å²) in [5, 5.41) is 0. The molecule has 0 N–H and O–H groups in total. The van der Waals surface area contributed by atoms with E-state index in [9.17, 15) is 9.59 Å². The van der Waals surface area contributed by atoms with E-state index in [1.165, 1.54) is 0 Å². The molecule has 2 nitrogen and oxygen atoms in total. The first-order chi connectivity index (χ1) is 8.27. The van der Waals surface area contributed by atoms with E-state index in [4.69, 9.17) is 0 Å². The third kappa shape index (κ3) is 3.73. The van der Waals surface area contributed by atoms with Gasteiger partial charge in [0.15, 0.2) is 11.6 Å². The van der Waals surface area contributed by atoms with E-state index in [0.29, 0.717) is 11.1 Å². The summed E-state index contributed by atoms with van der Waals surface area (Å²) < 4.78 is 0. The maximum atomic E-state index is 11.8. The van der Waals surface area contributed by atoms with Gasteiger partial charge >= 0.3 is 20.4 Å². The largest absolute Gasteiger partial charge is 2.00 e. The molecule has 2 aromatic rings. The van der Waals surface area contributed by atoms with E-state index in [0.717, 1.165) is 0 Å². The summed E-state index contributed by atoms with van der Waals surface area (Å²) in [6.07, 6.45) is -0.0754. The van der Waals surface area contributed by atoms with Crippen LogP contribution in [0.25, 0.3) is 0 Å². The number of ketones is 2. The van der Waals surface area contributed by atoms with Crippen molar-refractivity contribution < 1.29 is 30.0 Å². The average molecular weight is 331 g/mol. The van der Waals surface area contributed by atoms with Crippen molar-refractivity contribution in [1.82, 2.24) is 0 Å². The van der Waals surface area contributed by atoms with Crippen molar-refractivity contribution in [2.75, 3.05) is 0 Å². The Morgan fingerprint density at radius 1 is 0.667 bits per heavy atom. The third-order valence-corrected chi connectivity index (χ3v) is 2.51. The Kier molecular flexibility index (Phi) is 5.64. The molecule has 0 aliphatic heterocycles. The molecule has 92 valence electrons. The Hall–Kier alpha value is -1.56. The molecule has 0 saturated heterocycles. The molecule has 0 atom stereocenters. The summed E-state index contributed by atoms with van der Waals surface area (Å²) in [6, 6.07) is 17.7. The molecule has 0 unspecified atom stereocenters. The molecule has 0 aliphatic carbocycles. The number of carbonyl (C=O) groups excluding carboxylic acids is 2. The van der Waals surface area contributed by atoms with Crippen LogP contribution in [0.5, 0.6) is 0 Å². The van der Waals surface area contributed by atoms with Gasteiger partial charge in [-0.1, -0.05) is 60.7 Å². The van der Waals surface area contributed by atoms with Crippen LogP contribution in [0.4, 0.5) is 0 Å². The van der Waals surface area contributed by atoms with E-state index in [2.05, 4.69) is 0 Å². The summed E-state index contributed by atoms with van der Waals surface area (Å²) in [7, 11) is 0. The van der Waals surface area contributed by atoms with Gasteiger partial charge in [-0.15, -0.1) is 0 Å². The third-order valence-electron chi connectivity index (χ3n) is 2.51. The normalized spacial score (nSPS) is 9.33. The fraction of sp³-hybridized carbons (Fsp3) is 0.0667. The van der Waals surface area contributed by atoms with E-state index < -0.39 is 0 Å². The van der Waals surface area contributed by atoms with Gasteiger partial charge in [0.25, 0.3) is 0 Å². The van der Waals surface area contributed by atoms with Gasteiger partial charge in [0.2, 0.25) is 0 Å². The zero-order valence-corrected chi connectivity index (χ0v) is 11.2. The first-order valence-corrected chi connectivity index (χ1v) is 5.44. The maximum absolute atomic E-state index is 11.8. The summed E-state index contributed by atoms with van der Waals surface area (Å²) in [6.45, 7) is 0. The molecule has 0 fully saturated rings. The molecular weight excluding hydrogens is 319 g/mol. The predicted octanol–water partition coefficient (Wildman–Crippen LogP) is 3.14. The van der Waals surface area contributed by atoms with Gasteiger partial charge in [0.05, 0.1) is 6.42 Å². The molecule has 0 radical (unpaired) electrons. The molecule has 0 saturated carbocycles.